The molecule has 1 atom stereocenters. The number of hydrogen-bond donors (Lipinski definition) is 0. The van der Waals surface area contributed by atoms with Crippen LogP contribution in [0.4, 0.5) is 0 Å². The monoisotopic (exact) mass is 191 g/mol. The zero-order valence-electron chi connectivity index (χ0n) is 8.45. The molecular weight excluding hydrogens is 172 g/mol. The Bertz CT molecular complexity index is 97.6. The van der Waals surface area contributed by atoms with E-state index in [1.165, 1.54) is 0 Å². The largest absolute Gasteiger partial charge is 0.382 e. The predicted octanol–water partition coefficient (Wildman–Crippen LogP) is 0.863. The van der Waals surface area contributed by atoms with E-state index in [0.717, 1.165) is 0 Å². The van der Waals surface area contributed by atoms with E-state index in [2.05, 4.69) is 6.92 Å². The van der Waals surface area contributed by atoms with Crippen LogP contribution in [0.2, 0.25) is 0 Å². The van der Waals surface area contributed by atoms with Crippen molar-refractivity contribution >= 4 is 0 Å². The molecule has 0 spiro atoms. The first-order valence-electron chi connectivity index (χ1n) is 4.44. The molecule has 0 amide bonds. The molecule has 0 aromatic carbocycles. The van der Waals surface area contributed by atoms with Crippen molar-refractivity contribution in [3.63, 3.8) is 0 Å². The molecule has 0 saturated heterocycles. The molecule has 0 heterocycles. The van der Waals surface area contributed by atoms with Crippen molar-refractivity contribution in [2.24, 2.45) is 0 Å². The maximum absolute atomic E-state index is 5.32. The Morgan fingerprint density at radius 1 is 1.23 bits per heavy atom. The molecule has 0 aromatic rings. The standard InChI is InChI=1S/C9H19O4/c1-4-11-8-9(12-5-2)13-7-6-10-3/h9H,1,4-8H2,2-3H3. The van der Waals surface area contributed by atoms with Gasteiger partial charge >= 0.3 is 0 Å². The Morgan fingerprint density at radius 3 is 2.54 bits per heavy atom. The molecule has 0 aliphatic carbocycles. The average Bonchev–Trinajstić information content (AvgIpc) is 2.14. The fourth-order valence-corrected chi connectivity index (χ4v) is 0.773. The van der Waals surface area contributed by atoms with Gasteiger partial charge in [0.1, 0.15) is 0 Å². The molecule has 13 heavy (non-hydrogen) atoms. The zero-order valence-corrected chi connectivity index (χ0v) is 8.45. The zero-order chi connectivity index (χ0) is 9.94. The highest BCUT2D eigenvalue weighted by Crippen LogP contribution is 1.96. The van der Waals surface area contributed by atoms with Gasteiger partial charge in [0.05, 0.1) is 19.8 Å². The van der Waals surface area contributed by atoms with E-state index in [1.807, 2.05) is 6.92 Å². The van der Waals surface area contributed by atoms with E-state index in [0.29, 0.717) is 33.0 Å². The van der Waals surface area contributed by atoms with Crippen molar-refractivity contribution < 1.29 is 18.9 Å². The number of hydrogen-bond acceptors (Lipinski definition) is 4. The number of methoxy groups -OCH3 is 1. The van der Waals surface area contributed by atoms with Crippen molar-refractivity contribution in [3.8, 4) is 0 Å². The molecule has 4 heteroatoms. The van der Waals surface area contributed by atoms with Crippen LogP contribution in [0.5, 0.6) is 0 Å². The third-order valence-electron chi connectivity index (χ3n) is 1.34. The van der Waals surface area contributed by atoms with Crippen molar-refractivity contribution in [2.75, 3.05) is 40.1 Å². The third-order valence-corrected chi connectivity index (χ3v) is 1.34. The van der Waals surface area contributed by atoms with Gasteiger partial charge in [-0.05, 0) is 13.8 Å². The highest BCUT2D eigenvalue weighted by Gasteiger charge is 2.07. The van der Waals surface area contributed by atoms with Gasteiger partial charge in [-0.3, -0.25) is 0 Å². The second kappa shape index (κ2) is 9.92. The Hall–Kier alpha value is -0.160. The van der Waals surface area contributed by atoms with Crippen molar-refractivity contribution in [1.29, 1.82) is 0 Å². The molecule has 0 saturated carbocycles. The van der Waals surface area contributed by atoms with E-state index >= 15 is 0 Å². The van der Waals surface area contributed by atoms with Crippen LogP contribution in [0.1, 0.15) is 6.92 Å². The van der Waals surface area contributed by atoms with Crippen LogP contribution in [-0.2, 0) is 18.9 Å². The van der Waals surface area contributed by atoms with Gasteiger partial charge in [0.25, 0.3) is 0 Å². The van der Waals surface area contributed by atoms with Crippen molar-refractivity contribution in [1.82, 2.24) is 0 Å². The Balaban J connectivity index is 3.41. The summed E-state index contributed by atoms with van der Waals surface area (Å²) in [7, 11) is 1.63. The first-order valence-corrected chi connectivity index (χ1v) is 4.44. The molecule has 0 aromatic heterocycles. The molecule has 0 aliphatic heterocycles. The van der Waals surface area contributed by atoms with Gasteiger partial charge in [0.2, 0.25) is 0 Å². The Labute approximate surface area is 80.1 Å². The maximum Gasteiger partial charge on any atom is 0.180 e. The first-order chi connectivity index (χ1) is 6.35. The highest BCUT2D eigenvalue weighted by atomic mass is 16.7. The molecule has 0 bridgehead atoms. The van der Waals surface area contributed by atoms with Crippen LogP contribution in [0.15, 0.2) is 0 Å². The molecule has 0 fully saturated rings. The van der Waals surface area contributed by atoms with Crippen LogP contribution in [-0.4, -0.2) is 46.4 Å². The maximum atomic E-state index is 5.32. The van der Waals surface area contributed by atoms with E-state index in [1.54, 1.807) is 7.11 Å². The van der Waals surface area contributed by atoms with Crippen LogP contribution < -0.4 is 0 Å². The third kappa shape index (κ3) is 8.18. The topological polar surface area (TPSA) is 36.9 Å². The van der Waals surface area contributed by atoms with Crippen molar-refractivity contribution in [2.45, 2.75) is 13.2 Å². The fraction of sp³-hybridized carbons (Fsp3) is 0.889. The molecule has 0 N–H and O–H groups in total. The van der Waals surface area contributed by atoms with E-state index in [-0.39, 0.29) is 6.29 Å². The Kier molecular flexibility index (Phi) is 9.80. The summed E-state index contributed by atoms with van der Waals surface area (Å²) in [6.45, 7) is 8.00. The van der Waals surface area contributed by atoms with Gasteiger partial charge in [0, 0.05) is 20.3 Å². The number of rotatable bonds is 9. The second-order valence-corrected chi connectivity index (χ2v) is 2.32. The second-order valence-electron chi connectivity index (χ2n) is 2.32. The molecule has 79 valence electrons. The van der Waals surface area contributed by atoms with Crippen LogP contribution >= 0.6 is 0 Å². The van der Waals surface area contributed by atoms with Crippen LogP contribution in [0, 0.1) is 6.92 Å². The van der Waals surface area contributed by atoms with Crippen LogP contribution in [0.3, 0.4) is 0 Å². The minimum Gasteiger partial charge on any atom is -0.382 e. The molecule has 4 nitrogen and oxygen atoms in total. The predicted molar refractivity (Wildman–Crippen MR) is 49.4 cm³/mol. The lowest BCUT2D eigenvalue weighted by Crippen LogP contribution is -2.25. The lowest BCUT2D eigenvalue weighted by molar-refractivity contribution is -0.173. The van der Waals surface area contributed by atoms with E-state index < -0.39 is 0 Å². The normalized spacial score (nSPS) is 13.2. The Morgan fingerprint density at radius 2 is 2.00 bits per heavy atom. The van der Waals surface area contributed by atoms with Gasteiger partial charge < -0.3 is 18.9 Å². The van der Waals surface area contributed by atoms with Gasteiger partial charge in [-0.1, -0.05) is 0 Å². The first kappa shape index (κ1) is 12.8. The van der Waals surface area contributed by atoms with Gasteiger partial charge in [0.15, 0.2) is 6.29 Å². The summed E-state index contributed by atoms with van der Waals surface area (Å²) >= 11 is 0. The van der Waals surface area contributed by atoms with Crippen LogP contribution in [0.25, 0.3) is 0 Å². The summed E-state index contributed by atoms with van der Waals surface area (Å²) in [6, 6.07) is 0. The summed E-state index contributed by atoms with van der Waals surface area (Å²) in [4.78, 5) is 0. The molecular formula is C9H19O4. The molecule has 1 unspecified atom stereocenters. The van der Waals surface area contributed by atoms with Gasteiger partial charge in [-0.2, -0.15) is 0 Å². The minimum absolute atomic E-state index is 0.304. The summed E-state index contributed by atoms with van der Waals surface area (Å²) in [5.74, 6) is 0. The van der Waals surface area contributed by atoms with Gasteiger partial charge in [-0.15, -0.1) is 0 Å². The lowest BCUT2D eigenvalue weighted by atomic mass is 10.6. The summed E-state index contributed by atoms with van der Waals surface area (Å²) in [6.07, 6.45) is -0.304. The highest BCUT2D eigenvalue weighted by molar-refractivity contribution is 4.43. The van der Waals surface area contributed by atoms with Gasteiger partial charge in [-0.25, -0.2) is 0 Å². The summed E-state index contributed by atoms with van der Waals surface area (Å²) < 4.78 is 20.5. The summed E-state index contributed by atoms with van der Waals surface area (Å²) in [5.41, 5.74) is 0. The minimum atomic E-state index is -0.304. The number of ether oxygens (including phenoxy) is 4. The fourth-order valence-electron chi connectivity index (χ4n) is 0.773. The molecule has 0 aliphatic rings. The smallest absolute Gasteiger partial charge is 0.180 e. The average molecular weight is 191 g/mol. The van der Waals surface area contributed by atoms with E-state index in [4.69, 9.17) is 18.9 Å². The molecule has 1 radical (unpaired) electrons. The summed E-state index contributed by atoms with van der Waals surface area (Å²) in [5, 5.41) is 0. The SMILES string of the molecule is [CH2]COCC(OCC)OCCOC. The molecule has 0 rings (SSSR count). The quantitative estimate of drug-likeness (QED) is 0.400. The lowest BCUT2D eigenvalue weighted by Gasteiger charge is -2.17. The van der Waals surface area contributed by atoms with Crippen molar-refractivity contribution in [3.05, 3.63) is 6.92 Å². The van der Waals surface area contributed by atoms with E-state index in [9.17, 15) is 0 Å².